The van der Waals surface area contributed by atoms with E-state index in [2.05, 4.69) is 15.9 Å². The number of halogens is 1. The molecule has 1 N–H and O–H groups in total. The Labute approximate surface area is 109 Å². The Hall–Kier alpha value is -0.870. The SMILES string of the molecule is O=C(O)C(c1ccccc1Br)C1CCCCO1. The van der Waals surface area contributed by atoms with Crippen molar-refractivity contribution >= 4 is 21.9 Å². The number of hydrogen-bond acceptors (Lipinski definition) is 2. The van der Waals surface area contributed by atoms with E-state index < -0.39 is 11.9 Å². The van der Waals surface area contributed by atoms with Crippen LogP contribution in [0.15, 0.2) is 28.7 Å². The molecule has 0 spiro atoms. The minimum absolute atomic E-state index is 0.208. The third kappa shape index (κ3) is 2.87. The maximum absolute atomic E-state index is 11.5. The van der Waals surface area contributed by atoms with Gasteiger partial charge in [-0.15, -0.1) is 0 Å². The van der Waals surface area contributed by atoms with Crippen molar-refractivity contribution in [1.29, 1.82) is 0 Å². The first-order valence-corrected chi connectivity index (χ1v) is 6.58. The molecule has 2 unspecified atom stereocenters. The van der Waals surface area contributed by atoms with Gasteiger partial charge >= 0.3 is 5.97 Å². The molecule has 0 aromatic heterocycles. The molecule has 2 rings (SSSR count). The van der Waals surface area contributed by atoms with E-state index in [0.717, 1.165) is 29.3 Å². The summed E-state index contributed by atoms with van der Waals surface area (Å²) >= 11 is 3.41. The fourth-order valence-corrected chi connectivity index (χ4v) is 2.78. The van der Waals surface area contributed by atoms with Gasteiger partial charge in [-0.3, -0.25) is 4.79 Å². The normalized spacial score (nSPS) is 22.1. The van der Waals surface area contributed by atoms with Gasteiger partial charge in [-0.25, -0.2) is 0 Å². The van der Waals surface area contributed by atoms with E-state index in [4.69, 9.17) is 4.74 Å². The highest BCUT2D eigenvalue weighted by Crippen LogP contribution is 2.32. The summed E-state index contributed by atoms with van der Waals surface area (Å²) in [6, 6.07) is 7.46. The molecule has 1 aromatic carbocycles. The Kier molecular flexibility index (Phi) is 4.18. The summed E-state index contributed by atoms with van der Waals surface area (Å²) in [7, 11) is 0. The van der Waals surface area contributed by atoms with Gasteiger partial charge in [0.25, 0.3) is 0 Å². The van der Waals surface area contributed by atoms with Crippen LogP contribution in [0.4, 0.5) is 0 Å². The van der Waals surface area contributed by atoms with Crippen molar-refractivity contribution in [1.82, 2.24) is 0 Å². The van der Waals surface area contributed by atoms with Gasteiger partial charge < -0.3 is 9.84 Å². The molecule has 17 heavy (non-hydrogen) atoms. The largest absolute Gasteiger partial charge is 0.481 e. The number of rotatable bonds is 3. The molecule has 1 heterocycles. The lowest BCUT2D eigenvalue weighted by molar-refractivity contribution is -0.144. The number of carboxylic acids is 1. The van der Waals surface area contributed by atoms with E-state index >= 15 is 0 Å². The summed E-state index contributed by atoms with van der Waals surface area (Å²) in [6.07, 6.45) is 2.68. The Morgan fingerprint density at radius 2 is 2.18 bits per heavy atom. The minimum atomic E-state index is -0.816. The highest BCUT2D eigenvalue weighted by atomic mass is 79.9. The second-order valence-corrected chi connectivity index (χ2v) is 5.10. The first-order chi connectivity index (χ1) is 8.20. The Balaban J connectivity index is 2.28. The summed E-state index contributed by atoms with van der Waals surface area (Å²) in [5, 5.41) is 9.40. The van der Waals surface area contributed by atoms with E-state index in [-0.39, 0.29) is 6.10 Å². The lowest BCUT2D eigenvalue weighted by Crippen LogP contribution is -2.31. The molecule has 0 saturated carbocycles. The monoisotopic (exact) mass is 298 g/mol. The van der Waals surface area contributed by atoms with Crippen LogP contribution >= 0.6 is 15.9 Å². The summed E-state index contributed by atoms with van der Waals surface area (Å²) in [5.41, 5.74) is 0.798. The number of carbonyl (C=O) groups is 1. The van der Waals surface area contributed by atoms with Crippen molar-refractivity contribution < 1.29 is 14.6 Å². The topological polar surface area (TPSA) is 46.5 Å². The van der Waals surface area contributed by atoms with Gasteiger partial charge in [0.2, 0.25) is 0 Å². The molecule has 0 radical (unpaired) electrons. The van der Waals surface area contributed by atoms with Crippen LogP contribution in [-0.2, 0) is 9.53 Å². The van der Waals surface area contributed by atoms with Crippen LogP contribution in [0.5, 0.6) is 0 Å². The highest BCUT2D eigenvalue weighted by Gasteiger charge is 2.32. The second-order valence-electron chi connectivity index (χ2n) is 4.24. The Morgan fingerprint density at radius 3 is 2.76 bits per heavy atom. The molecule has 3 nitrogen and oxygen atoms in total. The fourth-order valence-electron chi connectivity index (χ4n) is 2.25. The molecule has 1 saturated heterocycles. The molecular formula is C13H15BrO3. The molecule has 1 aromatic rings. The fraction of sp³-hybridized carbons (Fsp3) is 0.462. The Morgan fingerprint density at radius 1 is 1.41 bits per heavy atom. The van der Waals surface area contributed by atoms with Gasteiger partial charge in [0.05, 0.1) is 6.10 Å². The van der Waals surface area contributed by atoms with Crippen molar-refractivity contribution in [3.8, 4) is 0 Å². The number of hydrogen-bond donors (Lipinski definition) is 1. The zero-order valence-corrected chi connectivity index (χ0v) is 11.0. The second kappa shape index (κ2) is 5.65. The van der Waals surface area contributed by atoms with E-state index in [9.17, 15) is 9.90 Å². The number of ether oxygens (including phenoxy) is 1. The van der Waals surface area contributed by atoms with E-state index in [1.54, 1.807) is 0 Å². The van der Waals surface area contributed by atoms with Crippen LogP contribution < -0.4 is 0 Å². The molecule has 1 fully saturated rings. The van der Waals surface area contributed by atoms with E-state index in [1.165, 1.54) is 0 Å². The average molecular weight is 299 g/mol. The number of aliphatic carboxylic acids is 1. The molecule has 4 heteroatoms. The molecular weight excluding hydrogens is 284 g/mol. The summed E-state index contributed by atoms with van der Waals surface area (Å²) in [4.78, 5) is 11.5. The molecule has 92 valence electrons. The summed E-state index contributed by atoms with van der Waals surface area (Å²) in [6.45, 7) is 0.666. The Bertz CT molecular complexity index is 399. The van der Waals surface area contributed by atoms with Crippen LogP contribution in [0.2, 0.25) is 0 Å². The smallest absolute Gasteiger partial charge is 0.313 e. The molecule has 1 aliphatic rings. The summed E-state index contributed by atoms with van der Waals surface area (Å²) in [5.74, 6) is -1.39. The van der Waals surface area contributed by atoms with Gasteiger partial charge in [-0.1, -0.05) is 34.1 Å². The standard InChI is InChI=1S/C13H15BrO3/c14-10-6-2-1-5-9(10)12(13(15)16)11-7-3-4-8-17-11/h1-2,5-6,11-12H,3-4,7-8H2,(H,15,16). The minimum Gasteiger partial charge on any atom is -0.481 e. The maximum atomic E-state index is 11.5. The lowest BCUT2D eigenvalue weighted by Gasteiger charge is -2.28. The van der Waals surface area contributed by atoms with Crippen LogP contribution in [0.1, 0.15) is 30.7 Å². The van der Waals surface area contributed by atoms with Gasteiger partial charge in [0.15, 0.2) is 0 Å². The van der Waals surface area contributed by atoms with Crippen molar-refractivity contribution in [2.75, 3.05) is 6.61 Å². The molecule has 0 bridgehead atoms. The predicted octanol–water partition coefficient (Wildman–Crippen LogP) is 3.19. The molecule has 0 amide bonds. The predicted molar refractivity (Wildman–Crippen MR) is 68.1 cm³/mol. The van der Waals surface area contributed by atoms with E-state index in [0.29, 0.717) is 6.61 Å². The van der Waals surface area contributed by atoms with Gasteiger partial charge in [-0.05, 0) is 30.9 Å². The lowest BCUT2D eigenvalue weighted by atomic mass is 9.89. The van der Waals surface area contributed by atoms with Crippen molar-refractivity contribution in [3.05, 3.63) is 34.3 Å². The third-order valence-electron chi connectivity index (χ3n) is 3.09. The average Bonchev–Trinajstić information content (AvgIpc) is 2.33. The van der Waals surface area contributed by atoms with Crippen LogP contribution in [0, 0.1) is 0 Å². The van der Waals surface area contributed by atoms with Gasteiger partial charge in [0, 0.05) is 11.1 Å². The van der Waals surface area contributed by atoms with E-state index in [1.807, 2.05) is 24.3 Å². The molecule has 2 atom stereocenters. The first-order valence-electron chi connectivity index (χ1n) is 5.79. The summed E-state index contributed by atoms with van der Waals surface area (Å²) < 4.78 is 6.44. The van der Waals surface area contributed by atoms with Crippen molar-refractivity contribution in [2.45, 2.75) is 31.3 Å². The van der Waals surface area contributed by atoms with Crippen molar-refractivity contribution in [3.63, 3.8) is 0 Å². The third-order valence-corrected chi connectivity index (χ3v) is 3.82. The van der Waals surface area contributed by atoms with Crippen molar-refractivity contribution in [2.24, 2.45) is 0 Å². The number of carboxylic acid groups (broad SMARTS) is 1. The van der Waals surface area contributed by atoms with Crippen LogP contribution in [-0.4, -0.2) is 23.8 Å². The zero-order chi connectivity index (χ0) is 12.3. The number of benzene rings is 1. The molecule has 0 aliphatic carbocycles. The van der Waals surface area contributed by atoms with Gasteiger partial charge in [0.1, 0.15) is 5.92 Å². The maximum Gasteiger partial charge on any atom is 0.313 e. The highest BCUT2D eigenvalue weighted by molar-refractivity contribution is 9.10. The van der Waals surface area contributed by atoms with Crippen LogP contribution in [0.25, 0.3) is 0 Å². The van der Waals surface area contributed by atoms with Crippen LogP contribution in [0.3, 0.4) is 0 Å². The first kappa shape index (κ1) is 12.6. The van der Waals surface area contributed by atoms with Gasteiger partial charge in [-0.2, -0.15) is 0 Å². The quantitative estimate of drug-likeness (QED) is 0.932. The zero-order valence-electron chi connectivity index (χ0n) is 9.43. The molecule has 1 aliphatic heterocycles.